The lowest BCUT2D eigenvalue weighted by atomic mass is 9.96. The number of aromatic hydroxyl groups is 1. The van der Waals surface area contributed by atoms with Crippen LogP contribution in [0.3, 0.4) is 0 Å². The minimum absolute atomic E-state index is 0.157. The Morgan fingerprint density at radius 1 is 1.42 bits per heavy atom. The van der Waals surface area contributed by atoms with E-state index in [9.17, 15) is 9.90 Å². The zero-order valence-electron chi connectivity index (χ0n) is 15.9. The molecule has 0 fully saturated rings. The van der Waals surface area contributed by atoms with Crippen LogP contribution in [-0.2, 0) is 4.74 Å². The molecule has 0 bridgehead atoms. The first kappa shape index (κ1) is 19.9. The van der Waals surface area contributed by atoms with Crippen molar-refractivity contribution in [2.75, 3.05) is 25.6 Å². The molecule has 5 heteroatoms. The first-order valence-electron chi connectivity index (χ1n) is 8.62. The van der Waals surface area contributed by atoms with Gasteiger partial charge in [-0.3, -0.25) is 0 Å². The maximum absolute atomic E-state index is 11.9. The lowest BCUT2D eigenvalue weighted by Crippen LogP contribution is -2.13. The quantitative estimate of drug-likeness (QED) is 0.745. The minimum atomic E-state index is -0.388. The third kappa shape index (κ3) is 3.50. The van der Waals surface area contributed by atoms with Crippen LogP contribution < -0.4 is 4.90 Å². The van der Waals surface area contributed by atoms with Crippen molar-refractivity contribution in [2.45, 2.75) is 47.0 Å². The van der Waals surface area contributed by atoms with E-state index < -0.39 is 0 Å². The molecule has 1 aromatic carbocycles. The number of aromatic amines is 1. The zero-order valence-corrected chi connectivity index (χ0v) is 15.9. The van der Waals surface area contributed by atoms with Gasteiger partial charge in [-0.1, -0.05) is 41.0 Å². The van der Waals surface area contributed by atoms with Gasteiger partial charge in [0, 0.05) is 42.8 Å². The standard InChI is InChI=1S/C14H16N2O3.C3H8.C2H6/c1-7-6-16(2)9-4-10(17)13-12(11(7)9)8(5-15-13)14(18)19-3;1-3-2;1-2/h4-5,7,15,17H,6H2,1-3H3;3H2,1-2H3;1-2H3. The van der Waals surface area contributed by atoms with Crippen LogP contribution in [0.4, 0.5) is 5.69 Å². The van der Waals surface area contributed by atoms with E-state index in [0.717, 1.165) is 23.2 Å². The Kier molecular flexibility index (Phi) is 7.14. The molecule has 0 amide bonds. The number of methoxy groups -OCH3 is 1. The number of nitrogens with one attached hydrogen (secondary N) is 1. The molecule has 3 rings (SSSR count). The number of rotatable bonds is 1. The number of hydrogen-bond acceptors (Lipinski definition) is 4. The Balaban J connectivity index is 0.000000521. The van der Waals surface area contributed by atoms with E-state index in [2.05, 4.69) is 30.7 Å². The average Bonchev–Trinajstić information content (AvgIpc) is 3.12. The first-order chi connectivity index (χ1) is 11.5. The van der Waals surface area contributed by atoms with E-state index in [1.165, 1.54) is 13.5 Å². The fourth-order valence-electron chi connectivity index (χ4n) is 3.00. The summed E-state index contributed by atoms with van der Waals surface area (Å²) in [4.78, 5) is 16.9. The fourth-order valence-corrected chi connectivity index (χ4v) is 3.00. The predicted molar refractivity (Wildman–Crippen MR) is 100 cm³/mol. The number of likely N-dealkylation sites (N-methyl/N-ethyl adjacent to an activating group) is 1. The molecular weight excluding hydrogens is 304 g/mol. The first-order valence-corrected chi connectivity index (χ1v) is 8.62. The Morgan fingerprint density at radius 3 is 2.54 bits per heavy atom. The van der Waals surface area contributed by atoms with Crippen LogP contribution in [-0.4, -0.2) is 36.8 Å². The highest BCUT2D eigenvalue weighted by atomic mass is 16.5. The number of phenols is 1. The monoisotopic (exact) mass is 334 g/mol. The van der Waals surface area contributed by atoms with E-state index in [4.69, 9.17) is 4.74 Å². The highest BCUT2D eigenvalue weighted by molar-refractivity contribution is 6.09. The van der Waals surface area contributed by atoms with Gasteiger partial charge in [0.25, 0.3) is 0 Å². The number of nitrogens with zero attached hydrogens (tertiary/aromatic N) is 1. The number of fused-ring (bicyclic) bond motifs is 3. The van der Waals surface area contributed by atoms with Crippen LogP contribution in [0.25, 0.3) is 10.9 Å². The average molecular weight is 334 g/mol. The number of phenolic OH excluding ortho intramolecular Hbond substituents is 1. The van der Waals surface area contributed by atoms with Gasteiger partial charge in [0.1, 0.15) is 5.75 Å². The topological polar surface area (TPSA) is 65.6 Å². The maximum Gasteiger partial charge on any atom is 0.340 e. The number of hydrogen-bond donors (Lipinski definition) is 2. The van der Waals surface area contributed by atoms with Gasteiger partial charge in [0.15, 0.2) is 0 Å². The number of esters is 1. The summed E-state index contributed by atoms with van der Waals surface area (Å²) >= 11 is 0. The molecule has 2 heterocycles. The van der Waals surface area contributed by atoms with Crippen LogP contribution in [0.2, 0.25) is 0 Å². The molecule has 1 aliphatic rings. The normalized spacial score (nSPS) is 15.1. The van der Waals surface area contributed by atoms with E-state index in [1.54, 1.807) is 12.3 Å². The summed E-state index contributed by atoms with van der Waals surface area (Å²) in [6, 6.07) is 1.75. The van der Waals surface area contributed by atoms with E-state index in [0.29, 0.717) is 17.0 Å². The second kappa shape index (κ2) is 8.62. The van der Waals surface area contributed by atoms with Crippen molar-refractivity contribution in [3.8, 4) is 5.75 Å². The third-order valence-corrected chi connectivity index (χ3v) is 3.81. The van der Waals surface area contributed by atoms with Gasteiger partial charge < -0.3 is 19.7 Å². The molecule has 0 saturated carbocycles. The summed E-state index contributed by atoms with van der Waals surface area (Å²) < 4.78 is 4.81. The summed E-state index contributed by atoms with van der Waals surface area (Å²) in [5.41, 5.74) is 3.15. The zero-order chi connectivity index (χ0) is 18.4. The molecule has 0 aliphatic carbocycles. The highest BCUT2D eigenvalue weighted by Gasteiger charge is 2.30. The molecule has 1 atom stereocenters. The van der Waals surface area contributed by atoms with Crippen LogP contribution in [0.15, 0.2) is 12.3 Å². The smallest absolute Gasteiger partial charge is 0.340 e. The number of anilines is 1. The van der Waals surface area contributed by atoms with Crippen molar-refractivity contribution < 1.29 is 14.6 Å². The molecular formula is C19H30N2O3. The molecule has 134 valence electrons. The van der Waals surface area contributed by atoms with E-state index >= 15 is 0 Å². The van der Waals surface area contributed by atoms with Gasteiger partial charge in [-0.25, -0.2) is 4.79 Å². The van der Waals surface area contributed by atoms with Gasteiger partial charge in [-0.2, -0.15) is 0 Å². The van der Waals surface area contributed by atoms with Gasteiger partial charge >= 0.3 is 5.97 Å². The second-order valence-corrected chi connectivity index (χ2v) is 5.76. The highest BCUT2D eigenvalue weighted by Crippen LogP contribution is 2.44. The van der Waals surface area contributed by atoms with Gasteiger partial charge in [0.2, 0.25) is 0 Å². The number of benzene rings is 1. The third-order valence-electron chi connectivity index (χ3n) is 3.81. The lowest BCUT2D eigenvalue weighted by molar-refractivity contribution is 0.0603. The van der Waals surface area contributed by atoms with Gasteiger partial charge in [0.05, 0.1) is 18.2 Å². The Hall–Kier alpha value is -2.17. The summed E-state index contributed by atoms with van der Waals surface area (Å²) in [5, 5.41) is 10.9. The fraction of sp³-hybridized carbons (Fsp3) is 0.526. The maximum atomic E-state index is 11.9. The predicted octanol–water partition coefficient (Wildman–Crippen LogP) is 4.66. The van der Waals surface area contributed by atoms with Crippen molar-refractivity contribution in [2.24, 2.45) is 0 Å². The summed E-state index contributed by atoms with van der Waals surface area (Å²) in [6.07, 6.45) is 2.85. The largest absolute Gasteiger partial charge is 0.506 e. The summed E-state index contributed by atoms with van der Waals surface area (Å²) in [7, 11) is 3.35. The molecule has 24 heavy (non-hydrogen) atoms. The lowest BCUT2D eigenvalue weighted by Gasteiger charge is -2.12. The van der Waals surface area contributed by atoms with Crippen LogP contribution in [0.1, 0.15) is 62.9 Å². The number of carbonyl (C=O) groups excluding carboxylic acids is 1. The molecule has 1 aromatic heterocycles. The van der Waals surface area contributed by atoms with Crippen molar-refractivity contribution in [1.29, 1.82) is 0 Å². The molecule has 5 nitrogen and oxygen atoms in total. The molecule has 2 aromatic rings. The summed E-state index contributed by atoms with van der Waals surface area (Å²) in [6.45, 7) is 11.2. The molecule has 0 saturated heterocycles. The number of H-pyrrole nitrogens is 1. The Morgan fingerprint density at radius 2 is 2.00 bits per heavy atom. The molecule has 2 N–H and O–H groups in total. The van der Waals surface area contributed by atoms with E-state index in [-0.39, 0.29) is 11.7 Å². The Bertz CT molecular complexity index is 691. The molecule has 1 unspecified atom stereocenters. The van der Waals surface area contributed by atoms with Crippen molar-refractivity contribution >= 4 is 22.6 Å². The summed E-state index contributed by atoms with van der Waals surface area (Å²) in [5.74, 6) is 0.0768. The second-order valence-electron chi connectivity index (χ2n) is 5.76. The molecule has 0 spiro atoms. The van der Waals surface area contributed by atoms with E-state index in [1.807, 2.05) is 20.9 Å². The van der Waals surface area contributed by atoms with Crippen LogP contribution in [0, 0.1) is 0 Å². The van der Waals surface area contributed by atoms with Crippen LogP contribution >= 0.6 is 0 Å². The van der Waals surface area contributed by atoms with Crippen molar-refractivity contribution in [3.63, 3.8) is 0 Å². The van der Waals surface area contributed by atoms with Crippen molar-refractivity contribution in [1.82, 2.24) is 4.98 Å². The van der Waals surface area contributed by atoms with Gasteiger partial charge in [-0.05, 0) is 5.56 Å². The number of aromatic nitrogens is 1. The van der Waals surface area contributed by atoms with Gasteiger partial charge in [-0.15, -0.1) is 0 Å². The number of ether oxygens (including phenoxy) is 1. The minimum Gasteiger partial charge on any atom is -0.506 e. The van der Waals surface area contributed by atoms with Crippen molar-refractivity contribution in [3.05, 3.63) is 23.4 Å². The van der Waals surface area contributed by atoms with Crippen LogP contribution in [0.5, 0.6) is 5.75 Å². The molecule has 1 aliphatic heterocycles. The Labute approximate surface area is 144 Å². The SMILES string of the molecule is CC.CCC.COC(=O)c1c[nH]c2c(O)cc3c(c12)C(C)CN3C. The molecule has 0 radical (unpaired) electrons. The number of carbonyl (C=O) groups is 1.